The molecule has 2 heterocycles. The fourth-order valence-electron chi connectivity index (χ4n) is 4.79. The molecule has 0 saturated carbocycles. The number of piperidine rings is 1. The molecule has 1 aromatic heterocycles. The third-order valence-electron chi connectivity index (χ3n) is 7.21. The highest BCUT2D eigenvalue weighted by Gasteiger charge is 2.31. The van der Waals surface area contributed by atoms with Crippen LogP contribution in [0.2, 0.25) is 10.0 Å². The lowest BCUT2D eigenvalue weighted by Gasteiger charge is -2.37. The zero-order chi connectivity index (χ0) is 32.0. The first-order valence-electron chi connectivity index (χ1n) is 13.8. The third kappa shape index (κ3) is 7.88. The van der Waals surface area contributed by atoms with Gasteiger partial charge in [0.2, 0.25) is 5.91 Å². The monoisotopic (exact) mass is 659 g/mol. The van der Waals surface area contributed by atoms with E-state index in [0.29, 0.717) is 43.1 Å². The van der Waals surface area contributed by atoms with Crippen LogP contribution in [0.15, 0.2) is 65.7 Å². The minimum Gasteiger partial charge on any atom is -0.337 e. The number of aromatic nitrogens is 2. The van der Waals surface area contributed by atoms with Crippen LogP contribution >= 0.6 is 23.2 Å². The van der Waals surface area contributed by atoms with Crippen LogP contribution in [-0.4, -0.2) is 98.9 Å². The third-order valence-corrected chi connectivity index (χ3v) is 10.0. The summed E-state index contributed by atoms with van der Waals surface area (Å²) in [6.45, 7) is 1.51. The van der Waals surface area contributed by atoms with Gasteiger partial charge in [-0.05, 0) is 63.1 Å². The summed E-state index contributed by atoms with van der Waals surface area (Å²) in [5, 5.41) is 12.5. The maximum atomic E-state index is 13.9. The second-order valence-corrected chi connectivity index (χ2v) is 13.7. The molecule has 1 aliphatic rings. The zero-order valence-electron chi connectivity index (χ0n) is 24.7. The normalized spacial score (nSPS) is 15.7. The fraction of sp³-hybridized carbons (Fsp3) is 0.300. The number of hydrogen-bond donors (Lipinski definition) is 3. The molecule has 0 radical (unpaired) electrons. The Labute approximate surface area is 267 Å². The van der Waals surface area contributed by atoms with Gasteiger partial charge in [0.25, 0.3) is 11.8 Å². The van der Waals surface area contributed by atoms with Crippen molar-refractivity contribution in [2.24, 2.45) is 0 Å². The number of hydrogen-bond acceptors (Lipinski definition) is 6. The first kappa shape index (κ1) is 33.2. The number of amides is 3. The molecule has 11 nitrogen and oxygen atoms in total. The van der Waals surface area contributed by atoms with E-state index in [-0.39, 0.29) is 44.8 Å². The molecular formula is C30H35Cl2N7O4S. The molecule has 0 bridgehead atoms. The first-order valence-corrected chi connectivity index (χ1v) is 16.2. The van der Waals surface area contributed by atoms with Crippen LogP contribution in [0, 0.1) is 0 Å². The summed E-state index contributed by atoms with van der Waals surface area (Å²) in [5.41, 5.74) is 0.930. The van der Waals surface area contributed by atoms with Crippen molar-refractivity contribution >= 4 is 67.9 Å². The molecule has 1 unspecified atom stereocenters. The topological polar surface area (TPSA) is 131 Å². The van der Waals surface area contributed by atoms with Gasteiger partial charge in [-0.15, -0.1) is 0 Å². The maximum absolute atomic E-state index is 13.9. The summed E-state index contributed by atoms with van der Waals surface area (Å²) in [6, 6.07) is 11.5. The van der Waals surface area contributed by atoms with E-state index in [4.69, 9.17) is 23.2 Å². The fourth-order valence-corrected chi connectivity index (χ4v) is 7.06. The number of likely N-dealkylation sites (N-methyl/N-ethyl adjacent to an activating group) is 1. The second kappa shape index (κ2) is 14.4. The number of anilines is 2. The molecule has 2 aromatic carbocycles. The number of rotatable bonds is 10. The van der Waals surface area contributed by atoms with E-state index in [1.807, 2.05) is 23.3 Å². The van der Waals surface area contributed by atoms with Crippen LogP contribution in [0.4, 0.5) is 11.4 Å². The highest BCUT2D eigenvalue weighted by Crippen LogP contribution is 2.28. The summed E-state index contributed by atoms with van der Waals surface area (Å²) in [7, 11) is 2.66. The highest BCUT2D eigenvalue weighted by atomic mass is 35.5. The van der Waals surface area contributed by atoms with E-state index in [1.165, 1.54) is 12.3 Å². The lowest BCUT2D eigenvalue weighted by Crippen LogP contribution is -2.47. The Morgan fingerprint density at radius 2 is 1.75 bits per heavy atom. The molecular weight excluding hydrogens is 625 g/mol. The van der Waals surface area contributed by atoms with Crippen molar-refractivity contribution in [2.75, 3.05) is 51.4 Å². The number of carbonyl (C=O) groups excluding carboxylic acids is 3. The SMILES string of the molecule is C=S(=O)(c1cccc(NC(=O)/C=C/CN(C)C)c1)N1CCC(N(C)C(=O)c2[nH]ncc2NC(=O)c2c(Cl)cccc2Cl)CC1. The molecule has 1 saturated heterocycles. The lowest BCUT2D eigenvalue weighted by atomic mass is 10.0. The van der Waals surface area contributed by atoms with Gasteiger partial charge in [-0.2, -0.15) is 5.10 Å². The number of nitrogens with zero attached hydrogens (tertiary/aromatic N) is 4. The maximum Gasteiger partial charge on any atom is 0.274 e. The minimum absolute atomic E-state index is 0.0951. The predicted octanol–water partition coefficient (Wildman–Crippen LogP) is 4.25. The molecule has 3 N–H and O–H groups in total. The smallest absolute Gasteiger partial charge is 0.274 e. The molecule has 1 aliphatic heterocycles. The largest absolute Gasteiger partial charge is 0.337 e. The van der Waals surface area contributed by atoms with Gasteiger partial charge < -0.3 is 20.4 Å². The van der Waals surface area contributed by atoms with E-state index in [9.17, 15) is 18.6 Å². The van der Waals surface area contributed by atoms with Gasteiger partial charge in [-0.3, -0.25) is 19.5 Å². The average molecular weight is 661 g/mol. The summed E-state index contributed by atoms with van der Waals surface area (Å²) >= 11 is 12.3. The zero-order valence-corrected chi connectivity index (χ0v) is 27.0. The van der Waals surface area contributed by atoms with E-state index in [1.54, 1.807) is 60.5 Å². The van der Waals surface area contributed by atoms with Crippen molar-refractivity contribution in [1.29, 1.82) is 0 Å². The molecule has 0 spiro atoms. The Hall–Kier alpha value is -3.68. The number of aromatic amines is 1. The summed E-state index contributed by atoms with van der Waals surface area (Å²) in [5.74, 6) is 2.84. The minimum atomic E-state index is -2.85. The van der Waals surface area contributed by atoms with Crippen LogP contribution < -0.4 is 10.6 Å². The molecule has 44 heavy (non-hydrogen) atoms. The standard InChI is InChI=1S/C30H35Cl2N7O4S/c1-37(2)15-7-12-26(40)34-20-8-5-9-22(18-20)44(4,43)39-16-13-21(14-17-39)38(3)30(42)28-25(19-33-36-28)35-29(41)27-23(31)10-6-11-24(27)32/h5-12,18-19,21H,4,13-17H2,1-3H3,(H,33,36)(H,34,40)(H,35,41)/b12-7+. The quantitative estimate of drug-likeness (QED) is 0.220. The van der Waals surface area contributed by atoms with Gasteiger partial charge in [-0.1, -0.05) is 41.4 Å². The Kier molecular flexibility index (Phi) is 10.9. The number of nitrogens with one attached hydrogen (secondary N) is 3. The van der Waals surface area contributed by atoms with Crippen molar-refractivity contribution in [1.82, 2.24) is 24.3 Å². The molecule has 1 fully saturated rings. The lowest BCUT2D eigenvalue weighted by molar-refractivity contribution is -0.111. The number of H-pyrrole nitrogens is 1. The Morgan fingerprint density at radius 3 is 2.41 bits per heavy atom. The molecule has 4 rings (SSSR count). The predicted molar refractivity (Wildman–Crippen MR) is 176 cm³/mol. The Bertz CT molecular complexity index is 1640. The number of halogens is 2. The average Bonchev–Trinajstić information content (AvgIpc) is 3.44. The molecule has 14 heteroatoms. The molecule has 3 amide bonds. The van der Waals surface area contributed by atoms with E-state index in [0.717, 1.165) is 0 Å². The van der Waals surface area contributed by atoms with Gasteiger partial charge >= 0.3 is 0 Å². The Balaban J connectivity index is 1.37. The van der Waals surface area contributed by atoms with Crippen LogP contribution in [0.1, 0.15) is 33.7 Å². The molecule has 0 aliphatic carbocycles. The van der Waals surface area contributed by atoms with Crippen LogP contribution in [0.3, 0.4) is 0 Å². The number of carbonyl (C=O) groups is 3. The first-order chi connectivity index (χ1) is 20.9. The molecule has 234 valence electrons. The molecule has 1 atom stereocenters. The van der Waals surface area contributed by atoms with Crippen molar-refractivity contribution in [3.05, 3.63) is 82.1 Å². The van der Waals surface area contributed by atoms with Gasteiger partial charge in [0.1, 0.15) is 5.69 Å². The summed E-state index contributed by atoms with van der Waals surface area (Å²) < 4.78 is 15.7. The van der Waals surface area contributed by atoms with Crippen molar-refractivity contribution in [2.45, 2.75) is 23.8 Å². The second-order valence-electron chi connectivity index (χ2n) is 10.6. The summed E-state index contributed by atoms with van der Waals surface area (Å²) in [4.78, 5) is 42.6. The van der Waals surface area contributed by atoms with Gasteiger partial charge in [0.05, 0.1) is 37.2 Å². The van der Waals surface area contributed by atoms with Crippen LogP contribution in [0.25, 0.3) is 0 Å². The number of benzene rings is 2. The Morgan fingerprint density at radius 1 is 1.09 bits per heavy atom. The highest BCUT2D eigenvalue weighted by molar-refractivity contribution is 7.98. The van der Waals surface area contributed by atoms with E-state index < -0.39 is 15.6 Å². The summed E-state index contributed by atoms with van der Waals surface area (Å²) in [6.07, 6.45) is 5.67. The van der Waals surface area contributed by atoms with Crippen molar-refractivity contribution in [3.8, 4) is 0 Å². The van der Waals surface area contributed by atoms with Crippen LogP contribution in [0.5, 0.6) is 0 Å². The van der Waals surface area contributed by atoms with E-state index in [2.05, 4.69) is 26.7 Å². The van der Waals surface area contributed by atoms with Crippen molar-refractivity contribution in [3.63, 3.8) is 0 Å². The van der Waals surface area contributed by atoms with E-state index >= 15 is 0 Å². The van der Waals surface area contributed by atoms with Gasteiger partial charge in [0, 0.05) is 49.4 Å². The van der Waals surface area contributed by atoms with Gasteiger partial charge in [0.15, 0.2) is 0 Å². The van der Waals surface area contributed by atoms with Gasteiger partial charge in [-0.25, -0.2) is 8.51 Å². The van der Waals surface area contributed by atoms with Crippen LogP contribution in [-0.2, 0) is 14.5 Å². The van der Waals surface area contributed by atoms with Crippen molar-refractivity contribution < 1.29 is 18.6 Å². The molecule has 3 aromatic rings.